The highest BCUT2D eigenvalue weighted by molar-refractivity contribution is 5.80. The number of morpholine rings is 1. The van der Waals surface area contributed by atoms with Crippen LogP contribution in [0.15, 0.2) is 30.3 Å². The van der Waals surface area contributed by atoms with Crippen LogP contribution in [0.25, 0.3) is 0 Å². The van der Waals surface area contributed by atoms with E-state index in [0.717, 1.165) is 22.5 Å². The third-order valence-corrected chi connectivity index (χ3v) is 5.18. The van der Waals surface area contributed by atoms with Crippen LogP contribution in [0.1, 0.15) is 42.5 Å². The van der Waals surface area contributed by atoms with Crippen LogP contribution >= 0.6 is 0 Å². The van der Waals surface area contributed by atoms with Gasteiger partial charge in [0.15, 0.2) is 0 Å². The molecule has 0 N–H and O–H groups in total. The average Bonchev–Trinajstić information content (AvgIpc) is 2.81. The van der Waals surface area contributed by atoms with E-state index < -0.39 is 0 Å². The molecular weight excluding hydrogens is 314 g/mol. The fourth-order valence-electron chi connectivity index (χ4n) is 3.48. The number of ether oxygens (including phenoxy) is 1. The van der Waals surface area contributed by atoms with Crippen molar-refractivity contribution in [3.63, 3.8) is 0 Å². The van der Waals surface area contributed by atoms with E-state index in [1.165, 1.54) is 0 Å². The van der Waals surface area contributed by atoms with Gasteiger partial charge in [-0.3, -0.25) is 9.48 Å². The molecule has 0 bridgehead atoms. The first-order chi connectivity index (χ1) is 11.8. The topological polar surface area (TPSA) is 47.4 Å². The molecule has 1 saturated heterocycles. The molecule has 0 unspecified atom stereocenters. The van der Waals surface area contributed by atoms with Crippen molar-refractivity contribution < 1.29 is 9.53 Å². The summed E-state index contributed by atoms with van der Waals surface area (Å²) in [6.45, 7) is 9.22. The summed E-state index contributed by atoms with van der Waals surface area (Å²) in [5.74, 6) is 0.133. The third-order valence-electron chi connectivity index (χ3n) is 5.18. The number of hydrogen-bond acceptors (Lipinski definition) is 3. The van der Waals surface area contributed by atoms with E-state index in [4.69, 9.17) is 4.74 Å². The van der Waals surface area contributed by atoms with Gasteiger partial charge in [0.2, 0.25) is 5.91 Å². The van der Waals surface area contributed by atoms with Gasteiger partial charge in [0.05, 0.1) is 30.8 Å². The lowest BCUT2D eigenvalue weighted by Gasteiger charge is -2.45. The predicted molar refractivity (Wildman–Crippen MR) is 97.3 cm³/mol. The van der Waals surface area contributed by atoms with Crippen LogP contribution in [0.3, 0.4) is 0 Å². The lowest BCUT2D eigenvalue weighted by atomic mass is 9.96. The molecule has 2 aromatic rings. The summed E-state index contributed by atoms with van der Waals surface area (Å²) in [6.07, 6.45) is 0.311. The molecule has 0 spiro atoms. The Morgan fingerprint density at radius 2 is 1.96 bits per heavy atom. The van der Waals surface area contributed by atoms with Gasteiger partial charge in [0.1, 0.15) is 6.10 Å². The zero-order chi connectivity index (χ0) is 18.2. The van der Waals surface area contributed by atoms with Crippen molar-refractivity contribution in [3.05, 3.63) is 52.8 Å². The number of rotatable bonds is 3. The van der Waals surface area contributed by atoms with Crippen LogP contribution in [0.4, 0.5) is 0 Å². The fraction of sp³-hybridized carbons (Fsp3) is 0.500. The monoisotopic (exact) mass is 341 g/mol. The van der Waals surface area contributed by atoms with E-state index >= 15 is 0 Å². The Hall–Kier alpha value is -2.14. The van der Waals surface area contributed by atoms with E-state index in [1.807, 2.05) is 48.7 Å². The molecule has 1 aromatic carbocycles. The lowest BCUT2D eigenvalue weighted by molar-refractivity contribution is -0.154. The van der Waals surface area contributed by atoms with Crippen molar-refractivity contribution >= 4 is 5.91 Å². The minimum absolute atomic E-state index is 0.0748. The molecule has 2 heterocycles. The number of carbonyl (C=O) groups is 1. The number of aromatic nitrogens is 2. The van der Waals surface area contributed by atoms with E-state index in [2.05, 4.69) is 31.1 Å². The number of aryl methyl sites for hydroxylation is 2. The molecule has 0 radical (unpaired) electrons. The van der Waals surface area contributed by atoms with E-state index in [1.54, 1.807) is 0 Å². The minimum Gasteiger partial charge on any atom is -0.369 e. The fourth-order valence-corrected chi connectivity index (χ4v) is 3.48. The van der Waals surface area contributed by atoms with Crippen molar-refractivity contribution in [1.82, 2.24) is 14.7 Å². The molecule has 3 rings (SSSR count). The summed E-state index contributed by atoms with van der Waals surface area (Å²) in [5, 5.41) is 4.43. The maximum absolute atomic E-state index is 13.1. The van der Waals surface area contributed by atoms with Gasteiger partial charge in [-0.1, -0.05) is 30.3 Å². The molecule has 25 heavy (non-hydrogen) atoms. The van der Waals surface area contributed by atoms with E-state index in [9.17, 15) is 4.79 Å². The number of nitrogens with zero attached hydrogens (tertiary/aromatic N) is 3. The summed E-state index contributed by atoms with van der Waals surface area (Å²) < 4.78 is 7.89. The summed E-state index contributed by atoms with van der Waals surface area (Å²) in [7, 11) is 1.92. The molecule has 5 nitrogen and oxygen atoms in total. The van der Waals surface area contributed by atoms with Gasteiger partial charge in [-0.05, 0) is 33.3 Å². The first-order valence-electron chi connectivity index (χ1n) is 8.75. The maximum Gasteiger partial charge on any atom is 0.227 e. The van der Waals surface area contributed by atoms with Crippen molar-refractivity contribution in [3.8, 4) is 0 Å². The Morgan fingerprint density at radius 3 is 2.56 bits per heavy atom. The van der Waals surface area contributed by atoms with E-state index in [0.29, 0.717) is 19.6 Å². The normalized spacial score (nSPS) is 19.9. The Bertz CT molecular complexity index is 765. The number of amides is 1. The highest BCUT2D eigenvalue weighted by Crippen LogP contribution is 2.31. The molecule has 1 atom stereocenters. The van der Waals surface area contributed by atoms with Crippen molar-refractivity contribution in [2.75, 3.05) is 13.2 Å². The van der Waals surface area contributed by atoms with Crippen molar-refractivity contribution in [2.24, 2.45) is 7.05 Å². The van der Waals surface area contributed by atoms with Crippen LogP contribution in [0, 0.1) is 13.8 Å². The van der Waals surface area contributed by atoms with Crippen molar-refractivity contribution in [2.45, 2.75) is 45.8 Å². The second kappa shape index (κ2) is 6.64. The maximum atomic E-state index is 13.1. The molecule has 1 aliphatic heterocycles. The molecule has 0 saturated carbocycles. The lowest BCUT2D eigenvalue weighted by Crippen LogP contribution is -2.56. The van der Waals surface area contributed by atoms with Gasteiger partial charge in [0.25, 0.3) is 0 Å². The minimum atomic E-state index is -0.313. The molecule has 1 aromatic heterocycles. The molecule has 134 valence electrons. The Morgan fingerprint density at radius 1 is 1.28 bits per heavy atom. The average molecular weight is 341 g/mol. The SMILES string of the molecule is Cc1nn(C)c(C)c1CC(=O)N1C[C@H](c2ccccc2)OCC1(C)C. The second-order valence-electron chi connectivity index (χ2n) is 7.48. The van der Waals surface area contributed by atoms with Gasteiger partial charge in [-0.15, -0.1) is 0 Å². The first kappa shape index (κ1) is 17.7. The molecular formula is C20H27N3O2. The highest BCUT2D eigenvalue weighted by atomic mass is 16.5. The largest absolute Gasteiger partial charge is 0.369 e. The van der Waals surface area contributed by atoms with Crippen LogP contribution in [-0.2, 0) is 23.0 Å². The molecule has 5 heteroatoms. The Kier molecular flexibility index (Phi) is 4.69. The summed E-state index contributed by atoms with van der Waals surface area (Å²) >= 11 is 0. The predicted octanol–water partition coefficient (Wildman–Crippen LogP) is 2.96. The van der Waals surface area contributed by atoms with E-state index in [-0.39, 0.29) is 17.6 Å². The molecule has 1 aliphatic rings. The zero-order valence-corrected chi connectivity index (χ0v) is 15.7. The van der Waals surface area contributed by atoms with Gasteiger partial charge in [-0.25, -0.2) is 0 Å². The van der Waals surface area contributed by atoms with Crippen LogP contribution in [-0.4, -0.2) is 39.3 Å². The van der Waals surface area contributed by atoms with Crippen LogP contribution in [0.2, 0.25) is 0 Å². The second-order valence-corrected chi connectivity index (χ2v) is 7.48. The molecule has 1 amide bonds. The Balaban J connectivity index is 1.81. The summed E-state index contributed by atoms with van der Waals surface area (Å²) in [4.78, 5) is 15.1. The Labute approximate surface area is 149 Å². The molecule has 0 aliphatic carbocycles. The van der Waals surface area contributed by atoms with Gasteiger partial charge < -0.3 is 9.64 Å². The zero-order valence-electron chi connectivity index (χ0n) is 15.7. The molecule has 1 fully saturated rings. The van der Waals surface area contributed by atoms with Gasteiger partial charge >= 0.3 is 0 Å². The quantitative estimate of drug-likeness (QED) is 0.862. The van der Waals surface area contributed by atoms with Crippen molar-refractivity contribution in [1.29, 1.82) is 0 Å². The van der Waals surface area contributed by atoms with Crippen LogP contribution in [0.5, 0.6) is 0 Å². The van der Waals surface area contributed by atoms with Crippen LogP contribution < -0.4 is 0 Å². The number of benzene rings is 1. The van der Waals surface area contributed by atoms with Gasteiger partial charge in [-0.2, -0.15) is 5.10 Å². The summed E-state index contributed by atoms with van der Waals surface area (Å²) in [5.41, 5.74) is 3.82. The number of hydrogen-bond donors (Lipinski definition) is 0. The van der Waals surface area contributed by atoms with Gasteiger partial charge in [0, 0.05) is 18.3 Å². The number of carbonyl (C=O) groups excluding carboxylic acids is 1. The standard InChI is InChI=1S/C20H27N3O2/c1-14-17(15(2)22(5)21-14)11-19(24)23-12-18(25-13-20(23,3)4)16-9-7-6-8-10-16/h6-10,18H,11-13H2,1-5H3/t18-/m1/s1. The first-order valence-corrected chi connectivity index (χ1v) is 8.75. The summed E-state index contributed by atoms with van der Waals surface area (Å²) in [6, 6.07) is 10.1. The smallest absolute Gasteiger partial charge is 0.227 e. The highest BCUT2D eigenvalue weighted by Gasteiger charge is 2.38. The third kappa shape index (κ3) is 3.47.